The Hall–Kier alpha value is -4.20. The van der Waals surface area contributed by atoms with Crippen molar-refractivity contribution in [2.45, 2.75) is 39.8 Å². The van der Waals surface area contributed by atoms with E-state index in [2.05, 4.69) is 27.0 Å². The maximum atomic E-state index is 13.6. The van der Waals surface area contributed by atoms with E-state index in [1.54, 1.807) is 0 Å². The summed E-state index contributed by atoms with van der Waals surface area (Å²) in [6.07, 6.45) is 1.32. The van der Waals surface area contributed by atoms with Crippen LogP contribution in [-0.4, -0.2) is 30.9 Å². The Bertz CT molecular complexity index is 1520. The molecule has 1 aromatic carbocycles. The first kappa shape index (κ1) is 23.0. The topological polar surface area (TPSA) is 108 Å². The van der Waals surface area contributed by atoms with Crippen molar-refractivity contribution in [2.75, 3.05) is 6.61 Å². The van der Waals surface area contributed by atoms with Crippen molar-refractivity contribution in [3.8, 4) is 29.3 Å². The molecule has 0 spiro atoms. The fourth-order valence-corrected chi connectivity index (χ4v) is 3.40. The van der Waals surface area contributed by atoms with E-state index in [-0.39, 0.29) is 40.8 Å². The molecule has 0 aliphatic rings. The molecule has 0 fully saturated rings. The monoisotopic (exact) mass is 469 g/mol. The molecule has 0 aliphatic carbocycles. The maximum absolute atomic E-state index is 13.6. The smallest absolute Gasteiger partial charge is 0.332 e. The van der Waals surface area contributed by atoms with Crippen molar-refractivity contribution in [2.24, 2.45) is 0 Å². The molecule has 11 heteroatoms. The van der Waals surface area contributed by atoms with Crippen LogP contribution in [0.4, 0.5) is 8.78 Å². The second-order valence-electron chi connectivity index (χ2n) is 7.42. The molecule has 34 heavy (non-hydrogen) atoms. The molecule has 0 atom stereocenters. The number of hydrogen-bond donors (Lipinski definition) is 1. The number of nitrogens with zero attached hydrogens (tertiary/aromatic N) is 4. The van der Waals surface area contributed by atoms with Gasteiger partial charge in [0.05, 0.1) is 11.6 Å². The molecule has 0 amide bonds. The Morgan fingerprint density at radius 3 is 2.62 bits per heavy atom. The lowest BCUT2D eigenvalue weighted by molar-refractivity contribution is 0.316. The second-order valence-corrected chi connectivity index (χ2v) is 7.42. The van der Waals surface area contributed by atoms with Crippen LogP contribution < -0.4 is 16.0 Å². The van der Waals surface area contributed by atoms with Crippen molar-refractivity contribution >= 4 is 11.2 Å². The van der Waals surface area contributed by atoms with Crippen molar-refractivity contribution in [3.05, 3.63) is 62.3 Å². The number of benzene rings is 1. The zero-order valence-electron chi connectivity index (χ0n) is 18.5. The molecule has 0 saturated carbocycles. The Balaban J connectivity index is 1.58. The SMILES string of the molecule is CCCn1c(=O)c2[nH]c(-c3cc(OCC#Cc4ccc(F)cc4F)no3)nc2n(CCC)c1=O. The van der Waals surface area contributed by atoms with Gasteiger partial charge < -0.3 is 14.2 Å². The minimum absolute atomic E-state index is 0.0416. The van der Waals surface area contributed by atoms with Crippen molar-refractivity contribution in [3.63, 3.8) is 0 Å². The summed E-state index contributed by atoms with van der Waals surface area (Å²) in [6.45, 7) is 4.39. The molecule has 9 nitrogen and oxygen atoms in total. The zero-order valence-corrected chi connectivity index (χ0v) is 18.5. The van der Waals surface area contributed by atoms with Crippen LogP contribution in [0, 0.1) is 23.5 Å². The average Bonchev–Trinajstić information content (AvgIpc) is 3.46. The van der Waals surface area contributed by atoms with E-state index in [0.29, 0.717) is 25.9 Å². The molecule has 1 N–H and O–H groups in total. The van der Waals surface area contributed by atoms with E-state index in [9.17, 15) is 18.4 Å². The van der Waals surface area contributed by atoms with Crippen LogP contribution in [0.3, 0.4) is 0 Å². The maximum Gasteiger partial charge on any atom is 0.332 e. The summed E-state index contributed by atoms with van der Waals surface area (Å²) in [6, 6.07) is 4.55. The van der Waals surface area contributed by atoms with Crippen LogP contribution in [0.1, 0.15) is 32.3 Å². The quantitative estimate of drug-likeness (QED) is 0.417. The number of aromatic nitrogens is 5. The fraction of sp³-hybridized carbons (Fsp3) is 0.304. The molecule has 4 rings (SSSR count). The Labute approximate surface area is 192 Å². The highest BCUT2D eigenvalue weighted by Gasteiger charge is 2.19. The highest BCUT2D eigenvalue weighted by Crippen LogP contribution is 2.22. The van der Waals surface area contributed by atoms with Gasteiger partial charge in [-0.2, -0.15) is 0 Å². The summed E-state index contributed by atoms with van der Waals surface area (Å²) in [4.78, 5) is 32.9. The standard InChI is InChI=1S/C23H21F2N5O4/c1-3-9-29-21-19(22(31)30(10-4-2)23(29)32)26-20(27-21)17-13-18(28-34-17)33-11-5-6-14-7-8-15(24)12-16(14)25/h7-8,12-13H,3-4,9-11H2,1-2H3,(H,26,27). The third-order valence-corrected chi connectivity index (χ3v) is 4.92. The van der Waals surface area contributed by atoms with Gasteiger partial charge >= 0.3 is 5.69 Å². The van der Waals surface area contributed by atoms with Crippen LogP contribution in [0.25, 0.3) is 22.7 Å². The summed E-state index contributed by atoms with van der Waals surface area (Å²) in [5.74, 6) is 4.22. The van der Waals surface area contributed by atoms with Crippen LogP contribution >= 0.6 is 0 Å². The van der Waals surface area contributed by atoms with E-state index < -0.39 is 22.9 Å². The molecule has 3 aromatic heterocycles. The van der Waals surface area contributed by atoms with E-state index in [0.717, 1.165) is 12.1 Å². The van der Waals surface area contributed by atoms with Gasteiger partial charge in [-0.15, -0.1) is 0 Å². The molecule has 0 aliphatic heterocycles. The largest absolute Gasteiger partial charge is 0.462 e. The number of nitrogens with one attached hydrogen (secondary N) is 1. The number of halogens is 2. The minimum atomic E-state index is -0.763. The molecule has 176 valence electrons. The number of imidazole rings is 1. The summed E-state index contributed by atoms with van der Waals surface area (Å²) in [7, 11) is 0. The van der Waals surface area contributed by atoms with Gasteiger partial charge in [0.2, 0.25) is 5.76 Å². The molecular weight excluding hydrogens is 448 g/mol. The molecule has 0 saturated heterocycles. The lowest BCUT2D eigenvalue weighted by Crippen LogP contribution is -2.40. The number of ether oxygens (including phenoxy) is 1. The summed E-state index contributed by atoms with van der Waals surface area (Å²) < 4.78 is 39.9. The summed E-state index contributed by atoms with van der Waals surface area (Å²) in [5, 5.41) is 3.78. The van der Waals surface area contributed by atoms with E-state index in [4.69, 9.17) is 9.26 Å². The number of aromatic amines is 1. The minimum Gasteiger partial charge on any atom is -0.462 e. The lowest BCUT2D eigenvalue weighted by atomic mass is 10.2. The molecule has 0 unspecified atom stereocenters. The predicted molar refractivity (Wildman–Crippen MR) is 119 cm³/mol. The Kier molecular flexibility index (Phi) is 6.58. The highest BCUT2D eigenvalue weighted by molar-refractivity contribution is 5.74. The average molecular weight is 469 g/mol. The second kappa shape index (κ2) is 9.74. The predicted octanol–water partition coefficient (Wildman–Crippen LogP) is 3.07. The first-order valence-corrected chi connectivity index (χ1v) is 10.7. The molecular formula is C23H21F2N5O4. The molecule has 3 heterocycles. The Morgan fingerprint density at radius 2 is 1.88 bits per heavy atom. The van der Waals surface area contributed by atoms with Gasteiger partial charge in [0.15, 0.2) is 23.6 Å². The van der Waals surface area contributed by atoms with Crippen molar-refractivity contribution in [1.29, 1.82) is 0 Å². The van der Waals surface area contributed by atoms with Gasteiger partial charge in [0.1, 0.15) is 11.6 Å². The number of fused-ring (bicyclic) bond motifs is 1. The van der Waals surface area contributed by atoms with Crippen LogP contribution in [0.5, 0.6) is 5.88 Å². The summed E-state index contributed by atoms with van der Waals surface area (Å²) >= 11 is 0. The van der Waals surface area contributed by atoms with Gasteiger partial charge in [-0.3, -0.25) is 13.9 Å². The number of rotatable bonds is 7. The van der Waals surface area contributed by atoms with Crippen LogP contribution in [0.2, 0.25) is 0 Å². The van der Waals surface area contributed by atoms with Crippen molar-refractivity contribution in [1.82, 2.24) is 24.3 Å². The molecule has 0 radical (unpaired) electrons. The van der Waals surface area contributed by atoms with Gasteiger partial charge in [-0.25, -0.2) is 18.6 Å². The highest BCUT2D eigenvalue weighted by atomic mass is 19.1. The number of aryl methyl sites for hydroxylation is 1. The fourth-order valence-electron chi connectivity index (χ4n) is 3.40. The number of H-pyrrole nitrogens is 1. The molecule has 0 bridgehead atoms. The van der Waals surface area contributed by atoms with Crippen LogP contribution in [-0.2, 0) is 13.1 Å². The van der Waals surface area contributed by atoms with Gasteiger partial charge in [-0.05, 0) is 30.1 Å². The Morgan fingerprint density at radius 1 is 1.12 bits per heavy atom. The molecule has 4 aromatic rings. The third-order valence-electron chi connectivity index (χ3n) is 4.92. The van der Waals surface area contributed by atoms with E-state index >= 15 is 0 Å². The van der Waals surface area contributed by atoms with Crippen molar-refractivity contribution < 1.29 is 18.0 Å². The van der Waals surface area contributed by atoms with Crippen LogP contribution in [0.15, 0.2) is 38.4 Å². The van der Waals surface area contributed by atoms with Gasteiger partial charge in [0, 0.05) is 19.2 Å². The zero-order chi connectivity index (χ0) is 24.2. The van der Waals surface area contributed by atoms with Gasteiger partial charge in [-0.1, -0.05) is 25.7 Å². The first-order chi connectivity index (χ1) is 16.4. The van der Waals surface area contributed by atoms with E-state index in [1.807, 2.05) is 13.8 Å². The van der Waals surface area contributed by atoms with E-state index in [1.165, 1.54) is 21.3 Å². The lowest BCUT2D eigenvalue weighted by Gasteiger charge is -2.09. The normalized spacial score (nSPS) is 10.9. The number of hydrogen-bond acceptors (Lipinski definition) is 6. The summed E-state index contributed by atoms with van der Waals surface area (Å²) in [5.41, 5.74) is -0.378. The third kappa shape index (κ3) is 4.47. The first-order valence-electron chi connectivity index (χ1n) is 10.7. The van der Waals surface area contributed by atoms with Gasteiger partial charge in [0.25, 0.3) is 11.4 Å².